The van der Waals surface area contributed by atoms with Gasteiger partial charge in [-0.05, 0) is 32.0 Å². The van der Waals surface area contributed by atoms with Gasteiger partial charge in [0, 0.05) is 57.3 Å². The van der Waals surface area contributed by atoms with Crippen LogP contribution in [0.25, 0.3) is 11.0 Å². The number of fused-ring (bicyclic) bond motifs is 2. The van der Waals surface area contributed by atoms with Gasteiger partial charge in [-0.25, -0.2) is 4.98 Å². The Hall–Kier alpha value is -3.90. The van der Waals surface area contributed by atoms with Crippen LogP contribution in [0.1, 0.15) is 32.0 Å². The van der Waals surface area contributed by atoms with Crippen molar-refractivity contribution >= 4 is 28.3 Å². The molecule has 36 heavy (non-hydrogen) atoms. The summed E-state index contributed by atoms with van der Waals surface area (Å²) in [5.74, 6) is 0.800. The van der Waals surface area contributed by atoms with E-state index in [2.05, 4.69) is 40.8 Å². The maximum absolute atomic E-state index is 12.7. The molecule has 1 amide bonds. The second-order valence-corrected chi connectivity index (χ2v) is 9.67. The third-order valence-corrected chi connectivity index (χ3v) is 7.29. The van der Waals surface area contributed by atoms with Crippen molar-refractivity contribution in [2.45, 2.75) is 39.4 Å². The fraction of sp³-hybridized carbons (Fsp3) is 0.407. The van der Waals surface area contributed by atoms with Crippen molar-refractivity contribution < 1.29 is 9.53 Å². The number of carbonyl (C=O) groups excluding carboxylic acids is 1. The number of aromatic nitrogens is 2. The first-order chi connectivity index (χ1) is 17.3. The molecule has 4 heterocycles. The van der Waals surface area contributed by atoms with E-state index in [0.717, 1.165) is 29.2 Å². The average molecular weight is 487 g/mol. The standard InChI is InChI=1S/C27H30N6O3/c1-17-15-33(24-12-25(35)30(4)22-9-8-21(13-28)29-26(22)24)18(2)14-31(17)16-20-6-5-7-23-27(20)36-11-10-32(23)19(3)34/h5-9,12,17-18H,10-11,14-16H2,1-4H3/t17-,18+/m1/s1. The van der Waals surface area contributed by atoms with E-state index >= 15 is 0 Å². The van der Waals surface area contributed by atoms with Gasteiger partial charge >= 0.3 is 0 Å². The molecule has 0 aliphatic carbocycles. The fourth-order valence-corrected chi connectivity index (χ4v) is 5.33. The lowest BCUT2D eigenvalue weighted by atomic mass is 10.0. The number of para-hydroxylation sites is 1. The smallest absolute Gasteiger partial charge is 0.252 e. The minimum atomic E-state index is -0.102. The van der Waals surface area contributed by atoms with E-state index in [-0.39, 0.29) is 23.6 Å². The third kappa shape index (κ3) is 4.07. The summed E-state index contributed by atoms with van der Waals surface area (Å²) in [6.07, 6.45) is 0. The quantitative estimate of drug-likeness (QED) is 0.562. The molecule has 1 fully saturated rings. The Morgan fingerprint density at radius 1 is 1.17 bits per heavy atom. The molecular weight excluding hydrogens is 456 g/mol. The molecule has 1 saturated heterocycles. The lowest BCUT2D eigenvalue weighted by molar-refractivity contribution is -0.116. The van der Waals surface area contributed by atoms with Gasteiger partial charge in [0.15, 0.2) is 0 Å². The van der Waals surface area contributed by atoms with Crippen LogP contribution in [0, 0.1) is 11.3 Å². The second kappa shape index (κ2) is 9.28. The summed E-state index contributed by atoms with van der Waals surface area (Å²) in [5.41, 5.74) is 4.26. The largest absolute Gasteiger partial charge is 0.489 e. The van der Waals surface area contributed by atoms with Crippen LogP contribution in [0.4, 0.5) is 11.4 Å². The normalized spacial score (nSPS) is 20.1. The molecular formula is C27H30N6O3. The zero-order chi connectivity index (χ0) is 25.6. The van der Waals surface area contributed by atoms with Crippen LogP contribution in [-0.2, 0) is 18.4 Å². The summed E-state index contributed by atoms with van der Waals surface area (Å²) in [7, 11) is 1.72. The Morgan fingerprint density at radius 2 is 1.97 bits per heavy atom. The minimum absolute atomic E-state index is 0.0155. The number of rotatable bonds is 3. The van der Waals surface area contributed by atoms with Gasteiger partial charge in [0.25, 0.3) is 5.56 Å². The number of anilines is 2. The van der Waals surface area contributed by atoms with Crippen LogP contribution in [-0.4, -0.2) is 58.7 Å². The van der Waals surface area contributed by atoms with Gasteiger partial charge in [0.2, 0.25) is 5.91 Å². The molecule has 2 aliphatic rings. The van der Waals surface area contributed by atoms with Gasteiger partial charge in [-0.1, -0.05) is 12.1 Å². The molecule has 2 aliphatic heterocycles. The molecule has 5 rings (SSSR count). The lowest BCUT2D eigenvalue weighted by Crippen LogP contribution is -2.56. The third-order valence-electron chi connectivity index (χ3n) is 7.29. The van der Waals surface area contributed by atoms with E-state index in [1.54, 1.807) is 41.6 Å². The van der Waals surface area contributed by atoms with Gasteiger partial charge in [0.1, 0.15) is 29.6 Å². The maximum atomic E-state index is 12.7. The number of pyridine rings is 2. The van der Waals surface area contributed by atoms with Gasteiger partial charge < -0.3 is 19.1 Å². The molecule has 1 aromatic carbocycles. The van der Waals surface area contributed by atoms with E-state index in [0.29, 0.717) is 43.0 Å². The number of aryl methyl sites for hydroxylation is 1. The summed E-state index contributed by atoms with van der Waals surface area (Å²) in [4.78, 5) is 35.8. The average Bonchev–Trinajstić information content (AvgIpc) is 2.87. The van der Waals surface area contributed by atoms with Crippen molar-refractivity contribution in [1.29, 1.82) is 5.26 Å². The number of ether oxygens (including phenoxy) is 1. The first kappa shape index (κ1) is 23.8. The zero-order valence-corrected chi connectivity index (χ0v) is 21.1. The molecule has 2 aromatic heterocycles. The van der Waals surface area contributed by atoms with E-state index in [1.165, 1.54) is 0 Å². The van der Waals surface area contributed by atoms with Crippen LogP contribution in [0.5, 0.6) is 5.75 Å². The molecule has 0 unspecified atom stereocenters. The van der Waals surface area contributed by atoms with Crippen molar-refractivity contribution in [2.75, 3.05) is 36.0 Å². The Labute approximate surface area is 210 Å². The summed E-state index contributed by atoms with van der Waals surface area (Å²) >= 11 is 0. The van der Waals surface area contributed by atoms with Crippen molar-refractivity contribution in [3.63, 3.8) is 0 Å². The predicted octanol–water partition coefficient (Wildman–Crippen LogP) is 2.65. The monoisotopic (exact) mass is 486 g/mol. The van der Waals surface area contributed by atoms with Gasteiger partial charge in [0.05, 0.1) is 23.4 Å². The summed E-state index contributed by atoms with van der Waals surface area (Å²) < 4.78 is 7.59. The lowest BCUT2D eigenvalue weighted by Gasteiger charge is -2.45. The highest BCUT2D eigenvalue weighted by atomic mass is 16.5. The molecule has 0 N–H and O–H groups in total. The number of nitriles is 1. The first-order valence-corrected chi connectivity index (χ1v) is 12.2. The molecule has 186 valence electrons. The second-order valence-electron chi connectivity index (χ2n) is 9.67. The summed E-state index contributed by atoms with van der Waals surface area (Å²) in [5, 5.41) is 9.39. The number of hydrogen-bond acceptors (Lipinski definition) is 7. The maximum Gasteiger partial charge on any atom is 0.252 e. The van der Waals surface area contributed by atoms with Crippen LogP contribution >= 0.6 is 0 Å². The number of nitrogens with zero attached hydrogens (tertiary/aromatic N) is 6. The molecule has 9 nitrogen and oxygen atoms in total. The van der Waals surface area contributed by atoms with Gasteiger partial charge in [-0.3, -0.25) is 14.5 Å². The van der Waals surface area contributed by atoms with E-state index in [1.807, 2.05) is 12.1 Å². The number of carbonyl (C=O) groups is 1. The predicted molar refractivity (Wildman–Crippen MR) is 138 cm³/mol. The van der Waals surface area contributed by atoms with E-state index < -0.39 is 0 Å². The van der Waals surface area contributed by atoms with Crippen molar-refractivity contribution in [3.8, 4) is 11.8 Å². The van der Waals surface area contributed by atoms with Crippen molar-refractivity contribution in [2.24, 2.45) is 7.05 Å². The number of amides is 1. The number of hydrogen-bond donors (Lipinski definition) is 0. The highest BCUT2D eigenvalue weighted by Crippen LogP contribution is 2.37. The Kier molecular flexibility index (Phi) is 6.14. The molecule has 0 saturated carbocycles. The fourth-order valence-electron chi connectivity index (χ4n) is 5.33. The zero-order valence-electron chi connectivity index (χ0n) is 21.1. The highest BCUT2D eigenvalue weighted by molar-refractivity contribution is 5.94. The van der Waals surface area contributed by atoms with Crippen LogP contribution in [0.2, 0.25) is 0 Å². The van der Waals surface area contributed by atoms with E-state index in [4.69, 9.17) is 4.74 Å². The Balaban J connectivity index is 1.44. The minimum Gasteiger partial charge on any atom is -0.489 e. The summed E-state index contributed by atoms with van der Waals surface area (Å²) in [6, 6.07) is 13.5. The number of piperazine rings is 1. The van der Waals surface area contributed by atoms with Crippen LogP contribution < -0.4 is 20.1 Å². The van der Waals surface area contributed by atoms with Crippen molar-refractivity contribution in [1.82, 2.24) is 14.5 Å². The molecule has 2 atom stereocenters. The first-order valence-electron chi connectivity index (χ1n) is 12.2. The Bertz CT molecular complexity index is 1440. The van der Waals surface area contributed by atoms with Crippen LogP contribution in [0.3, 0.4) is 0 Å². The Morgan fingerprint density at radius 3 is 2.72 bits per heavy atom. The topological polar surface area (TPSA) is 94.7 Å². The molecule has 9 heteroatoms. The molecule has 0 spiro atoms. The molecule has 0 bridgehead atoms. The molecule has 3 aromatic rings. The van der Waals surface area contributed by atoms with Gasteiger partial charge in [-0.15, -0.1) is 0 Å². The molecule has 0 radical (unpaired) electrons. The van der Waals surface area contributed by atoms with Crippen molar-refractivity contribution in [3.05, 3.63) is 58.0 Å². The highest BCUT2D eigenvalue weighted by Gasteiger charge is 2.32. The number of benzene rings is 1. The van der Waals surface area contributed by atoms with E-state index in [9.17, 15) is 14.9 Å². The SMILES string of the molecule is CC(=O)N1CCOc2c(CN3C[C@H](C)N(c4cc(=O)n(C)c5ccc(C#N)nc45)C[C@H]3C)cccc21. The van der Waals surface area contributed by atoms with Crippen LogP contribution in [0.15, 0.2) is 41.2 Å². The summed E-state index contributed by atoms with van der Waals surface area (Å²) in [6.45, 7) is 9.12. The van der Waals surface area contributed by atoms with Gasteiger partial charge in [-0.2, -0.15) is 5.26 Å².